The van der Waals surface area contributed by atoms with Crippen LogP contribution in [0, 0.1) is 0 Å². The van der Waals surface area contributed by atoms with Gasteiger partial charge < -0.3 is 15.5 Å². The molecule has 5 nitrogen and oxygen atoms in total. The number of hydrogen-bond donors (Lipinski definition) is 2. The van der Waals surface area contributed by atoms with E-state index < -0.39 is 0 Å². The molecule has 0 aliphatic heterocycles. The minimum atomic E-state index is 0.877. The van der Waals surface area contributed by atoms with Gasteiger partial charge in [0.25, 0.3) is 0 Å². The van der Waals surface area contributed by atoms with Crippen LogP contribution in [0.15, 0.2) is 6.33 Å². The van der Waals surface area contributed by atoms with Crippen LogP contribution >= 0.6 is 0 Å². The predicted octanol–water partition coefficient (Wildman–Crippen LogP) is 1.83. The second-order valence-corrected chi connectivity index (χ2v) is 4.26. The van der Waals surface area contributed by atoms with Crippen molar-refractivity contribution in [3.63, 3.8) is 0 Å². The lowest BCUT2D eigenvalue weighted by Gasteiger charge is -2.16. The van der Waals surface area contributed by atoms with E-state index in [0.29, 0.717) is 0 Å². The van der Waals surface area contributed by atoms with Crippen molar-refractivity contribution in [3.05, 3.63) is 11.9 Å². The highest BCUT2D eigenvalue weighted by molar-refractivity contribution is 5.57. The minimum Gasteiger partial charge on any atom is -0.370 e. The summed E-state index contributed by atoms with van der Waals surface area (Å²) in [7, 11) is 2.12. The first-order valence-electron chi connectivity index (χ1n) is 6.73. The van der Waals surface area contributed by atoms with Gasteiger partial charge in [0.05, 0.1) is 0 Å². The Balaban J connectivity index is 2.66. The second kappa shape index (κ2) is 7.87. The van der Waals surface area contributed by atoms with Gasteiger partial charge in [-0.3, -0.25) is 0 Å². The van der Waals surface area contributed by atoms with Gasteiger partial charge in [0.15, 0.2) is 0 Å². The monoisotopic (exact) mass is 251 g/mol. The molecule has 102 valence electrons. The van der Waals surface area contributed by atoms with Crippen molar-refractivity contribution in [2.24, 2.45) is 0 Å². The van der Waals surface area contributed by atoms with E-state index in [9.17, 15) is 0 Å². The van der Waals surface area contributed by atoms with Crippen LogP contribution < -0.4 is 10.6 Å². The molecule has 18 heavy (non-hydrogen) atoms. The topological polar surface area (TPSA) is 53.1 Å². The zero-order chi connectivity index (χ0) is 13.4. The van der Waals surface area contributed by atoms with E-state index in [4.69, 9.17) is 0 Å². The summed E-state index contributed by atoms with van der Waals surface area (Å²) in [6.07, 6.45) is 2.54. The Labute approximate surface area is 110 Å². The molecule has 2 N–H and O–H groups in total. The molecule has 0 saturated heterocycles. The lowest BCUT2D eigenvalue weighted by atomic mass is 10.2. The van der Waals surface area contributed by atoms with E-state index in [1.807, 2.05) is 0 Å². The van der Waals surface area contributed by atoms with Crippen molar-refractivity contribution in [2.45, 2.75) is 27.2 Å². The van der Waals surface area contributed by atoms with Gasteiger partial charge in [0.1, 0.15) is 18.0 Å². The maximum Gasteiger partial charge on any atom is 0.134 e. The van der Waals surface area contributed by atoms with Crippen LogP contribution in [-0.4, -0.2) is 48.1 Å². The molecule has 0 bridgehead atoms. The number of aromatic nitrogens is 2. The molecule has 0 unspecified atom stereocenters. The number of anilines is 2. The molecule has 5 heteroatoms. The smallest absolute Gasteiger partial charge is 0.134 e. The van der Waals surface area contributed by atoms with Gasteiger partial charge in [0.2, 0.25) is 0 Å². The van der Waals surface area contributed by atoms with E-state index in [1.165, 1.54) is 5.56 Å². The number of likely N-dealkylation sites (N-methyl/N-ethyl adjacent to an activating group) is 1. The third-order valence-corrected chi connectivity index (χ3v) is 2.97. The van der Waals surface area contributed by atoms with Crippen LogP contribution in [0.25, 0.3) is 0 Å². The molecule has 0 aliphatic rings. The Morgan fingerprint density at radius 1 is 1.11 bits per heavy atom. The Bertz CT molecular complexity index is 353. The summed E-state index contributed by atoms with van der Waals surface area (Å²) in [6, 6.07) is 0. The maximum atomic E-state index is 4.33. The summed E-state index contributed by atoms with van der Waals surface area (Å²) >= 11 is 0. The normalized spacial score (nSPS) is 10.7. The van der Waals surface area contributed by atoms with Gasteiger partial charge >= 0.3 is 0 Å². The van der Waals surface area contributed by atoms with E-state index >= 15 is 0 Å². The number of rotatable bonds is 8. The SMILES string of the molecule is CCNc1ncnc(NCCN(C)CC)c1CC. The highest BCUT2D eigenvalue weighted by Gasteiger charge is 2.08. The first kappa shape index (κ1) is 14.7. The Hall–Kier alpha value is -1.36. The number of hydrogen-bond acceptors (Lipinski definition) is 5. The molecule has 1 heterocycles. The zero-order valence-corrected chi connectivity index (χ0v) is 12.0. The first-order valence-corrected chi connectivity index (χ1v) is 6.73. The summed E-state index contributed by atoms with van der Waals surface area (Å²) < 4.78 is 0. The molecule has 1 aromatic heterocycles. The molecule has 0 amide bonds. The van der Waals surface area contributed by atoms with Crippen molar-refractivity contribution < 1.29 is 0 Å². The molecule has 0 saturated carbocycles. The largest absolute Gasteiger partial charge is 0.370 e. The summed E-state index contributed by atoms with van der Waals surface area (Å²) in [5.74, 6) is 1.90. The fourth-order valence-corrected chi connectivity index (χ4v) is 1.74. The van der Waals surface area contributed by atoms with Gasteiger partial charge in [-0.2, -0.15) is 0 Å². The lowest BCUT2D eigenvalue weighted by Crippen LogP contribution is -2.25. The van der Waals surface area contributed by atoms with Crippen LogP contribution in [0.1, 0.15) is 26.3 Å². The summed E-state index contributed by atoms with van der Waals surface area (Å²) in [6.45, 7) is 10.2. The van der Waals surface area contributed by atoms with Crippen molar-refractivity contribution >= 4 is 11.6 Å². The van der Waals surface area contributed by atoms with Crippen molar-refractivity contribution in [2.75, 3.05) is 43.9 Å². The molecule has 0 atom stereocenters. The third kappa shape index (κ3) is 4.14. The standard InChI is InChI=1S/C13H25N5/c1-5-11-12(14-6-2)16-10-17-13(11)15-8-9-18(4)7-3/h10H,5-9H2,1-4H3,(H2,14,15,16,17). The van der Waals surface area contributed by atoms with E-state index in [1.54, 1.807) is 6.33 Å². The second-order valence-electron chi connectivity index (χ2n) is 4.26. The molecule has 0 radical (unpaired) electrons. The fourth-order valence-electron chi connectivity index (χ4n) is 1.74. The summed E-state index contributed by atoms with van der Waals surface area (Å²) in [5, 5.41) is 6.67. The highest BCUT2D eigenvalue weighted by Crippen LogP contribution is 2.19. The highest BCUT2D eigenvalue weighted by atomic mass is 15.1. The molecule has 0 fully saturated rings. The summed E-state index contributed by atoms with van der Waals surface area (Å²) in [4.78, 5) is 10.9. The Morgan fingerprint density at radius 3 is 2.33 bits per heavy atom. The molecule has 0 aromatic carbocycles. The zero-order valence-electron chi connectivity index (χ0n) is 12.0. The predicted molar refractivity (Wildman–Crippen MR) is 77.2 cm³/mol. The number of nitrogens with one attached hydrogen (secondary N) is 2. The minimum absolute atomic E-state index is 0.877. The van der Waals surface area contributed by atoms with Crippen LogP contribution in [-0.2, 0) is 6.42 Å². The Kier molecular flexibility index (Phi) is 6.43. The number of nitrogens with zero attached hydrogens (tertiary/aromatic N) is 3. The third-order valence-electron chi connectivity index (χ3n) is 2.97. The molecule has 0 aliphatic carbocycles. The van der Waals surface area contributed by atoms with Crippen LogP contribution in [0.4, 0.5) is 11.6 Å². The molecule has 0 spiro atoms. The summed E-state index contributed by atoms with van der Waals surface area (Å²) in [5.41, 5.74) is 1.17. The molecular formula is C13H25N5. The van der Waals surface area contributed by atoms with Crippen LogP contribution in [0.5, 0.6) is 0 Å². The quantitative estimate of drug-likeness (QED) is 0.738. The molecule has 1 rings (SSSR count). The Morgan fingerprint density at radius 2 is 1.78 bits per heavy atom. The van der Waals surface area contributed by atoms with Gasteiger partial charge in [0, 0.05) is 25.2 Å². The van der Waals surface area contributed by atoms with Crippen molar-refractivity contribution in [1.29, 1.82) is 0 Å². The van der Waals surface area contributed by atoms with E-state index in [-0.39, 0.29) is 0 Å². The molecular weight excluding hydrogens is 226 g/mol. The average Bonchev–Trinajstić information content (AvgIpc) is 2.39. The maximum absolute atomic E-state index is 4.33. The van der Waals surface area contributed by atoms with Crippen LogP contribution in [0.3, 0.4) is 0 Å². The van der Waals surface area contributed by atoms with Gasteiger partial charge in [-0.1, -0.05) is 13.8 Å². The van der Waals surface area contributed by atoms with E-state index in [0.717, 1.165) is 44.2 Å². The average molecular weight is 251 g/mol. The van der Waals surface area contributed by atoms with Crippen molar-refractivity contribution in [1.82, 2.24) is 14.9 Å². The fraction of sp³-hybridized carbons (Fsp3) is 0.692. The van der Waals surface area contributed by atoms with Gasteiger partial charge in [-0.25, -0.2) is 9.97 Å². The van der Waals surface area contributed by atoms with E-state index in [2.05, 4.69) is 53.3 Å². The first-order chi connectivity index (χ1) is 8.72. The molecule has 1 aromatic rings. The van der Waals surface area contributed by atoms with Gasteiger partial charge in [-0.15, -0.1) is 0 Å². The lowest BCUT2D eigenvalue weighted by molar-refractivity contribution is 0.367. The van der Waals surface area contributed by atoms with Crippen LogP contribution in [0.2, 0.25) is 0 Å². The van der Waals surface area contributed by atoms with Crippen molar-refractivity contribution in [3.8, 4) is 0 Å². The van der Waals surface area contributed by atoms with Gasteiger partial charge in [-0.05, 0) is 26.9 Å².